The Bertz CT molecular complexity index is 1590. The van der Waals surface area contributed by atoms with Gasteiger partial charge in [0.05, 0.1) is 17.4 Å². The molecule has 2 aromatic carbocycles. The molecule has 0 aliphatic heterocycles. The average Bonchev–Trinajstić information content (AvgIpc) is 2.81. The zero-order chi connectivity index (χ0) is 21.1. The van der Waals surface area contributed by atoms with E-state index in [4.69, 9.17) is 0 Å². The van der Waals surface area contributed by atoms with Crippen molar-refractivity contribution in [2.75, 3.05) is 0 Å². The van der Waals surface area contributed by atoms with Gasteiger partial charge in [0.15, 0.2) is 0 Å². The van der Waals surface area contributed by atoms with E-state index in [0.29, 0.717) is 32.6 Å². The Hall–Kier alpha value is -5.11. The van der Waals surface area contributed by atoms with Crippen LogP contribution in [0.2, 0.25) is 0 Å². The van der Waals surface area contributed by atoms with Gasteiger partial charge >= 0.3 is 0 Å². The molecule has 0 saturated carbocycles. The van der Waals surface area contributed by atoms with Gasteiger partial charge in [-0.2, -0.15) is 21.0 Å². The number of hydrogen-bond acceptors (Lipinski definition) is 7. The quantitative estimate of drug-likeness (QED) is 0.460. The van der Waals surface area contributed by atoms with E-state index in [1.807, 2.05) is 24.3 Å². The fourth-order valence-corrected chi connectivity index (χ4v) is 3.34. The van der Waals surface area contributed by atoms with Crippen LogP contribution in [0.15, 0.2) is 54.9 Å². The molecule has 7 heteroatoms. The third kappa shape index (κ3) is 2.77. The first-order chi connectivity index (χ1) is 14.7. The van der Waals surface area contributed by atoms with Crippen molar-refractivity contribution in [2.45, 2.75) is 0 Å². The van der Waals surface area contributed by atoms with E-state index >= 15 is 0 Å². The number of hydrogen-bond donors (Lipinski definition) is 0. The number of rotatable bonds is 1. The van der Waals surface area contributed by atoms with Crippen molar-refractivity contribution in [3.63, 3.8) is 0 Å². The van der Waals surface area contributed by atoms with Crippen molar-refractivity contribution < 1.29 is 0 Å². The molecular weight excluding hydrogens is 374 g/mol. The SMILES string of the molecule is N#CC(C#N)=c1c2ccccc2c(=C(C#N)C#N)c2nc(-c3ccccn3)cnc12. The highest BCUT2D eigenvalue weighted by Crippen LogP contribution is 2.18. The number of nitriles is 4. The molecule has 0 fully saturated rings. The third-order valence-electron chi connectivity index (χ3n) is 4.59. The lowest BCUT2D eigenvalue weighted by Gasteiger charge is -2.08. The van der Waals surface area contributed by atoms with Crippen LogP contribution in [-0.4, -0.2) is 15.0 Å². The second kappa shape index (κ2) is 7.49. The lowest BCUT2D eigenvalue weighted by atomic mass is 9.98. The molecule has 4 rings (SSSR count). The molecule has 0 N–H and O–H groups in total. The minimum atomic E-state index is -0.134. The molecule has 0 atom stereocenters. The zero-order valence-electron chi connectivity index (χ0n) is 15.3. The zero-order valence-corrected chi connectivity index (χ0v) is 15.3. The van der Waals surface area contributed by atoms with E-state index < -0.39 is 0 Å². The fourth-order valence-electron chi connectivity index (χ4n) is 3.34. The van der Waals surface area contributed by atoms with Crippen LogP contribution < -0.4 is 10.4 Å². The van der Waals surface area contributed by atoms with E-state index in [-0.39, 0.29) is 22.2 Å². The summed E-state index contributed by atoms with van der Waals surface area (Å²) in [6.45, 7) is 0. The van der Waals surface area contributed by atoms with Gasteiger partial charge in [-0.25, -0.2) is 4.98 Å². The van der Waals surface area contributed by atoms with Gasteiger partial charge in [0, 0.05) is 16.6 Å². The summed E-state index contributed by atoms with van der Waals surface area (Å²) in [7, 11) is 0. The first kappa shape index (κ1) is 18.3. The van der Waals surface area contributed by atoms with Crippen molar-refractivity contribution in [3.05, 3.63) is 65.3 Å². The van der Waals surface area contributed by atoms with E-state index in [0.717, 1.165) is 0 Å². The molecular formula is C23H9N7. The number of fused-ring (bicyclic) bond motifs is 2. The van der Waals surface area contributed by atoms with Gasteiger partial charge in [-0.05, 0) is 22.9 Å². The highest BCUT2D eigenvalue weighted by atomic mass is 14.8. The highest BCUT2D eigenvalue weighted by molar-refractivity contribution is 6.03. The first-order valence-corrected chi connectivity index (χ1v) is 8.71. The maximum atomic E-state index is 9.58. The Morgan fingerprint density at radius 3 is 1.73 bits per heavy atom. The number of pyridine rings is 1. The summed E-state index contributed by atoms with van der Waals surface area (Å²) in [5.41, 5.74) is 1.27. The molecule has 4 aromatic rings. The van der Waals surface area contributed by atoms with Gasteiger partial charge in [-0.15, -0.1) is 0 Å². The van der Waals surface area contributed by atoms with Gasteiger partial charge in [-0.1, -0.05) is 30.3 Å². The van der Waals surface area contributed by atoms with Crippen LogP contribution >= 0.6 is 0 Å². The third-order valence-corrected chi connectivity index (χ3v) is 4.59. The van der Waals surface area contributed by atoms with Gasteiger partial charge in [0.25, 0.3) is 0 Å². The number of nitrogens with zero attached hydrogens (tertiary/aromatic N) is 7. The molecule has 0 bridgehead atoms. The second-order valence-corrected chi connectivity index (χ2v) is 6.16. The van der Waals surface area contributed by atoms with Crippen molar-refractivity contribution in [3.8, 4) is 35.7 Å². The topological polar surface area (TPSA) is 134 Å². The molecule has 0 aliphatic rings. The molecule has 0 radical (unpaired) electrons. The van der Waals surface area contributed by atoms with Crippen LogP contribution in [0.1, 0.15) is 0 Å². The van der Waals surface area contributed by atoms with Crippen molar-refractivity contribution in [1.29, 1.82) is 21.0 Å². The fraction of sp³-hybridized carbons (Fsp3) is 0. The Morgan fingerprint density at radius 1 is 0.633 bits per heavy atom. The molecule has 0 amide bonds. The van der Waals surface area contributed by atoms with E-state index in [9.17, 15) is 21.0 Å². The Labute approximate surface area is 170 Å². The molecule has 7 nitrogen and oxygen atoms in total. The normalized spacial score (nSPS) is 9.87. The van der Waals surface area contributed by atoms with Crippen LogP contribution in [0.4, 0.5) is 0 Å². The predicted octanol–water partition coefficient (Wildman–Crippen LogP) is 2.24. The van der Waals surface area contributed by atoms with Gasteiger partial charge in [-0.3, -0.25) is 9.97 Å². The number of benzene rings is 2. The van der Waals surface area contributed by atoms with E-state index in [1.165, 1.54) is 6.20 Å². The lowest BCUT2D eigenvalue weighted by molar-refractivity contribution is 1.23. The minimum absolute atomic E-state index is 0.127. The Kier molecular flexibility index (Phi) is 4.56. The molecule has 0 saturated heterocycles. The predicted molar refractivity (Wildman–Crippen MR) is 109 cm³/mol. The second-order valence-electron chi connectivity index (χ2n) is 6.16. The maximum absolute atomic E-state index is 9.58. The molecule has 2 heterocycles. The van der Waals surface area contributed by atoms with Crippen LogP contribution in [0.5, 0.6) is 0 Å². The lowest BCUT2D eigenvalue weighted by Crippen LogP contribution is -2.20. The maximum Gasteiger partial charge on any atom is 0.139 e. The van der Waals surface area contributed by atoms with E-state index in [1.54, 1.807) is 48.7 Å². The molecule has 0 spiro atoms. The van der Waals surface area contributed by atoms with Gasteiger partial charge < -0.3 is 0 Å². The summed E-state index contributed by atoms with van der Waals surface area (Å²) < 4.78 is 0. The highest BCUT2D eigenvalue weighted by Gasteiger charge is 2.15. The van der Waals surface area contributed by atoms with Crippen LogP contribution in [0.3, 0.4) is 0 Å². The van der Waals surface area contributed by atoms with E-state index in [2.05, 4.69) is 15.0 Å². The standard InChI is InChI=1S/C23H9N7/c24-9-14(10-25)20-16-5-1-2-6-17(16)21(15(11-26)12-27)23-22(20)29-13-19(30-23)18-7-3-4-8-28-18/h1-8,13H. The van der Waals surface area contributed by atoms with Crippen LogP contribution in [0, 0.1) is 45.3 Å². The first-order valence-electron chi connectivity index (χ1n) is 8.71. The summed E-state index contributed by atoms with van der Waals surface area (Å²) in [5, 5.41) is 39.9. The smallest absolute Gasteiger partial charge is 0.139 e. The molecule has 0 aliphatic carbocycles. The molecule has 136 valence electrons. The summed E-state index contributed by atoms with van der Waals surface area (Å²) >= 11 is 0. The summed E-state index contributed by atoms with van der Waals surface area (Å²) in [6, 6.07) is 20.0. The Balaban J connectivity index is 2.41. The van der Waals surface area contributed by atoms with Crippen molar-refractivity contribution in [1.82, 2.24) is 15.0 Å². The average molecular weight is 383 g/mol. The van der Waals surface area contributed by atoms with Gasteiger partial charge in [0.2, 0.25) is 0 Å². The molecule has 30 heavy (non-hydrogen) atoms. The largest absolute Gasteiger partial charge is 0.255 e. The summed E-state index contributed by atoms with van der Waals surface area (Å²) in [4.78, 5) is 13.4. The van der Waals surface area contributed by atoms with Crippen LogP contribution in [0.25, 0.3) is 44.3 Å². The number of aromatic nitrogens is 3. The molecule has 0 unspecified atom stereocenters. The van der Waals surface area contributed by atoms with Crippen molar-refractivity contribution >= 4 is 33.0 Å². The van der Waals surface area contributed by atoms with Crippen molar-refractivity contribution in [2.24, 2.45) is 0 Å². The Morgan fingerprint density at radius 2 is 1.20 bits per heavy atom. The monoisotopic (exact) mass is 383 g/mol. The summed E-state index contributed by atoms with van der Waals surface area (Å²) in [5.74, 6) is 0. The van der Waals surface area contributed by atoms with Gasteiger partial charge in [0.1, 0.15) is 46.6 Å². The van der Waals surface area contributed by atoms with Crippen LogP contribution in [-0.2, 0) is 0 Å². The minimum Gasteiger partial charge on any atom is -0.255 e. The summed E-state index contributed by atoms with van der Waals surface area (Å²) in [6.07, 6.45) is 3.12. The molecule has 2 aromatic heterocycles.